The van der Waals surface area contributed by atoms with Gasteiger partial charge in [-0.3, -0.25) is 4.79 Å². The number of piperidine rings is 1. The van der Waals surface area contributed by atoms with E-state index in [-0.39, 0.29) is 16.9 Å². The van der Waals surface area contributed by atoms with Crippen LogP contribution in [0, 0.1) is 5.41 Å². The van der Waals surface area contributed by atoms with E-state index in [2.05, 4.69) is 36.6 Å². The highest BCUT2D eigenvalue weighted by Gasteiger charge is 2.39. The normalized spacial score (nSPS) is 30.5. The molecule has 1 saturated carbocycles. The van der Waals surface area contributed by atoms with Gasteiger partial charge in [0.25, 0.3) is 0 Å². The first kappa shape index (κ1) is 14.8. The van der Waals surface area contributed by atoms with Gasteiger partial charge < -0.3 is 15.5 Å². The Morgan fingerprint density at radius 1 is 1.21 bits per heavy atom. The number of carbonyl (C=O) groups is 1. The monoisotopic (exact) mass is 267 g/mol. The van der Waals surface area contributed by atoms with Crippen molar-refractivity contribution in [2.45, 2.75) is 51.0 Å². The van der Waals surface area contributed by atoms with Crippen molar-refractivity contribution in [1.29, 1.82) is 0 Å². The van der Waals surface area contributed by atoms with Gasteiger partial charge in [0.2, 0.25) is 5.91 Å². The van der Waals surface area contributed by atoms with Crippen LogP contribution in [0.4, 0.5) is 0 Å². The minimum absolute atomic E-state index is 0.189. The molecule has 1 amide bonds. The second kappa shape index (κ2) is 5.80. The first-order valence-corrected chi connectivity index (χ1v) is 7.65. The summed E-state index contributed by atoms with van der Waals surface area (Å²) in [5.74, 6) is 0.229. The highest BCUT2D eigenvalue weighted by atomic mass is 16.2. The summed E-state index contributed by atoms with van der Waals surface area (Å²) in [6.07, 6.45) is 7.08. The number of nitrogens with one attached hydrogen (secondary N) is 2. The molecule has 1 atom stereocenters. The molecule has 4 heteroatoms. The third kappa shape index (κ3) is 3.11. The molecule has 0 aromatic carbocycles. The first-order valence-electron chi connectivity index (χ1n) is 7.65. The molecular formula is C15H29N3O. The van der Waals surface area contributed by atoms with Crippen molar-refractivity contribution in [3.8, 4) is 0 Å². The van der Waals surface area contributed by atoms with Crippen LogP contribution in [0.15, 0.2) is 0 Å². The van der Waals surface area contributed by atoms with Crippen LogP contribution in [0.3, 0.4) is 0 Å². The molecule has 0 spiro atoms. The maximum Gasteiger partial charge on any atom is 0.227 e. The van der Waals surface area contributed by atoms with Crippen LogP contribution in [0.1, 0.15) is 45.4 Å². The van der Waals surface area contributed by atoms with Crippen LogP contribution in [-0.4, -0.2) is 50.1 Å². The Morgan fingerprint density at radius 2 is 1.89 bits per heavy atom. The molecule has 110 valence electrons. The van der Waals surface area contributed by atoms with Crippen molar-refractivity contribution < 1.29 is 4.79 Å². The predicted molar refractivity (Wildman–Crippen MR) is 78.1 cm³/mol. The van der Waals surface area contributed by atoms with Gasteiger partial charge in [-0.1, -0.05) is 12.8 Å². The first-order chi connectivity index (χ1) is 8.99. The van der Waals surface area contributed by atoms with Crippen LogP contribution in [-0.2, 0) is 4.79 Å². The molecule has 19 heavy (non-hydrogen) atoms. The Morgan fingerprint density at radius 3 is 2.42 bits per heavy atom. The Labute approximate surface area is 117 Å². The van der Waals surface area contributed by atoms with E-state index in [0.29, 0.717) is 0 Å². The lowest BCUT2D eigenvalue weighted by molar-refractivity contribution is -0.131. The molecular weight excluding hydrogens is 238 g/mol. The third-order valence-corrected chi connectivity index (χ3v) is 5.21. The molecule has 1 unspecified atom stereocenters. The smallest absolute Gasteiger partial charge is 0.227 e. The fraction of sp³-hybridized carbons (Fsp3) is 0.933. The van der Waals surface area contributed by atoms with Crippen molar-refractivity contribution >= 4 is 5.91 Å². The zero-order valence-electron chi connectivity index (χ0n) is 12.7. The van der Waals surface area contributed by atoms with E-state index in [1.165, 1.54) is 25.7 Å². The summed E-state index contributed by atoms with van der Waals surface area (Å²) in [7, 11) is 4.28. The number of hydrogen-bond acceptors (Lipinski definition) is 3. The lowest BCUT2D eigenvalue weighted by atomic mass is 9.81. The maximum atomic E-state index is 12.5. The van der Waals surface area contributed by atoms with E-state index in [4.69, 9.17) is 0 Å². The number of carbonyl (C=O) groups excluding carboxylic acids is 1. The van der Waals surface area contributed by atoms with Crippen LogP contribution in [0.25, 0.3) is 0 Å². The van der Waals surface area contributed by atoms with Gasteiger partial charge in [-0.15, -0.1) is 0 Å². The standard InChI is InChI=1S/C15H29N3O/c1-14(7-6-10-16-11-14)13(19)17-12-15(18(2)3)8-4-5-9-15/h16H,4-12H2,1-3H3,(H,17,19). The largest absolute Gasteiger partial charge is 0.354 e. The van der Waals surface area contributed by atoms with Gasteiger partial charge in [-0.25, -0.2) is 0 Å². The zero-order chi connectivity index (χ0) is 13.9. The van der Waals surface area contributed by atoms with Crippen LogP contribution < -0.4 is 10.6 Å². The minimum Gasteiger partial charge on any atom is -0.354 e. The number of amides is 1. The molecule has 2 N–H and O–H groups in total. The average Bonchev–Trinajstić information content (AvgIpc) is 2.87. The molecule has 0 bridgehead atoms. The second-order valence-corrected chi connectivity index (χ2v) is 6.85. The lowest BCUT2D eigenvalue weighted by Crippen LogP contribution is -2.55. The molecule has 2 aliphatic rings. The highest BCUT2D eigenvalue weighted by Crippen LogP contribution is 2.33. The summed E-state index contributed by atoms with van der Waals surface area (Å²) < 4.78 is 0. The summed E-state index contributed by atoms with van der Waals surface area (Å²) in [5.41, 5.74) is -0.0293. The fourth-order valence-corrected chi connectivity index (χ4v) is 3.52. The van der Waals surface area contributed by atoms with Crippen molar-refractivity contribution in [2.75, 3.05) is 33.7 Å². The van der Waals surface area contributed by atoms with Crippen molar-refractivity contribution in [2.24, 2.45) is 5.41 Å². The predicted octanol–water partition coefficient (Wildman–Crippen LogP) is 1.37. The summed E-state index contributed by atoms with van der Waals surface area (Å²) in [6.45, 7) is 4.75. The highest BCUT2D eigenvalue weighted by molar-refractivity contribution is 5.82. The van der Waals surface area contributed by atoms with Crippen LogP contribution >= 0.6 is 0 Å². The van der Waals surface area contributed by atoms with E-state index in [1.807, 2.05) is 0 Å². The quantitative estimate of drug-likeness (QED) is 0.808. The third-order valence-electron chi connectivity index (χ3n) is 5.21. The molecule has 0 aromatic heterocycles. The van der Waals surface area contributed by atoms with Gasteiger partial charge in [0.15, 0.2) is 0 Å². The summed E-state index contributed by atoms with van der Waals surface area (Å²) >= 11 is 0. The summed E-state index contributed by atoms with van der Waals surface area (Å²) in [4.78, 5) is 14.8. The molecule has 4 nitrogen and oxygen atoms in total. The topological polar surface area (TPSA) is 44.4 Å². The molecule has 2 rings (SSSR count). The van der Waals surface area contributed by atoms with Crippen molar-refractivity contribution in [3.05, 3.63) is 0 Å². The Hall–Kier alpha value is -0.610. The Bertz CT molecular complexity index is 315. The number of nitrogens with zero attached hydrogens (tertiary/aromatic N) is 1. The average molecular weight is 267 g/mol. The van der Waals surface area contributed by atoms with Gasteiger partial charge in [0.1, 0.15) is 0 Å². The fourth-order valence-electron chi connectivity index (χ4n) is 3.52. The van der Waals surface area contributed by atoms with E-state index < -0.39 is 0 Å². The number of rotatable bonds is 4. The molecule has 1 heterocycles. The zero-order valence-corrected chi connectivity index (χ0v) is 12.7. The lowest BCUT2D eigenvalue weighted by Gasteiger charge is -2.39. The number of likely N-dealkylation sites (N-methyl/N-ethyl adjacent to an activating group) is 1. The SMILES string of the molecule is CN(C)C1(CNC(=O)C2(C)CCCNC2)CCCC1. The summed E-state index contributed by atoms with van der Waals surface area (Å²) in [6, 6.07) is 0. The number of hydrogen-bond donors (Lipinski definition) is 2. The van der Waals surface area contributed by atoms with Crippen molar-refractivity contribution in [3.63, 3.8) is 0 Å². The van der Waals surface area contributed by atoms with E-state index >= 15 is 0 Å². The second-order valence-electron chi connectivity index (χ2n) is 6.85. The summed E-state index contributed by atoms with van der Waals surface area (Å²) in [5, 5.41) is 6.58. The Balaban J connectivity index is 1.92. The van der Waals surface area contributed by atoms with Crippen LogP contribution in [0.5, 0.6) is 0 Å². The van der Waals surface area contributed by atoms with E-state index in [9.17, 15) is 4.79 Å². The molecule has 0 aromatic rings. The van der Waals surface area contributed by atoms with E-state index in [1.54, 1.807) is 0 Å². The van der Waals surface area contributed by atoms with Gasteiger partial charge in [-0.2, -0.15) is 0 Å². The van der Waals surface area contributed by atoms with Gasteiger partial charge in [0.05, 0.1) is 5.41 Å². The van der Waals surface area contributed by atoms with Gasteiger partial charge in [0, 0.05) is 18.6 Å². The minimum atomic E-state index is -0.218. The molecule has 0 radical (unpaired) electrons. The van der Waals surface area contributed by atoms with Gasteiger partial charge in [-0.05, 0) is 53.2 Å². The van der Waals surface area contributed by atoms with Gasteiger partial charge >= 0.3 is 0 Å². The molecule has 1 aliphatic heterocycles. The van der Waals surface area contributed by atoms with E-state index in [0.717, 1.165) is 32.5 Å². The van der Waals surface area contributed by atoms with Crippen molar-refractivity contribution in [1.82, 2.24) is 15.5 Å². The molecule has 1 saturated heterocycles. The Kier molecular flexibility index (Phi) is 4.51. The maximum absolute atomic E-state index is 12.5. The van der Waals surface area contributed by atoms with Crippen LogP contribution in [0.2, 0.25) is 0 Å². The molecule has 2 fully saturated rings. The molecule has 1 aliphatic carbocycles.